The average Bonchev–Trinajstić information content (AvgIpc) is 3.12. The number of nitrogens with two attached hydrogens (primary N) is 1. The number of aryl methyl sites for hydroxylation is 1. The molecule has 0 amide bonds. The zero-order chi connectivity index (χ0) is 23.5. The summed E-state index contributed by atoms with van der Waals surface area (Å²) in [5, 5.41) is 7.12. The molecule has 0 spiro atoms. The van der Waals surface area contributed by atoms with Crippen molar-refractivity contribution in [2.45, 2.75) is 32.7 Å². The number of para-hydroxylation sites is 1. The summed E-state index contributed by atoms with van der Waals surface area (Å²) in [6, 6.07) is 11.1. The van der Waals surface area contributed by atoms with Crippen LogP contribution in [0.5, 0.6) is 5.75 Å². The molecule has 0 aliphatic carbocycles. The fourth-order valence-corrected chi connectivity index (χ4v) is 3.41. The largest absolute Gasteiger partial charge is 0.490 e. The minimum absolute atomic E-state index is 0.279. The van der Waals surface area contributed by atoms with E-state index in [1.54, 1.807) is 6.07 Å². The number of aliphatic carboxylic acids is 1. The highest BCUT2D eigenvalue weighted by Crippen LogP contribution is 2.34. The number of carboxylic acids is 1. The van der Waals surface area contributed by atoms with Gasteiger partial charge in [-0.05, 0) is 36.8 Å². The number of carbonyl (C=O) groups is 1. The molecule has 0 atom stereocenters. The number of ether oxygens (including phenoxy) is 1. The summed E-state index contributed by atoms with van der Waals surface area (Å²) < 4.78 is 53.7. The van der Waals surface area contributed by atoms with Gasteiger partial charge >= 0.3 is 12.1 Å². The third-order valence-electron chi connectivity index (χ3n) is 4.92. The van der Waals surface area contributed by atoms with E-state index in [9.17, 15) is 17.6 Å². The fourth-order valence-electron chi connectivity index (χ4n) is 3.41. The monoisotopic (exact) mass is 454 g/mol. The van der Waals surface area contributed by atoms with Gasteiger partial charge in [0.15, 0.2) is 5.82 Å². The molecule has 1 aromatic heterocycles. The van der Waals surface area contributed by atoms with E-state index in [4.69, 9.17) is 20.4 Å². The van der Waals surface area contributed by atoms with Crippen LogP contribution in [0, 0.1) is 5.82 Å². The number of rotatable bonds is 4. The summed E-state index contributed by atoms with van der Waals surface area (Å²) in [6.45, 7) is 5.27. The van der Waals surface area contributed by atoms with Gasteiger partial charge in [-0.3, -0.25) is 0 Å². The number of aromatic nitrogens is 2. The van der Waals surface area contributed by atoms with Gasteiger partial charge in [-0.1, -0.05) is 12.1 Å². The normalized spacial score (nSPS) is 13.2. The predicted molar refractivity (Wildman–Crippen MR) is 110 cm³/mol. The van der Waals surface area contributed by atoms with E-state index in [1.807, 2.05) is 18.2 Å². The number of fused-ring (bicyclic) bond motifs is 2. The molecular weight excluding hydrogens is 432 g/mol. The lowest BCUT2D eigenvalue weighted by Gasteiger charge is -2.31. The van der Waals surface area contributed by atoms with Crippen LogP contribution in [0.25, 0.3) is 11.0 Å². The van der Waals surface area contributed by atoms with E-state index >= 15 is 0 Å². The number of hydrogen-bond donors (Lipinski definition) is 2. The molecule has 7 nitrogen and oxygen atoms in total. The Morgan fingerprint density at radius 2 is 2.00 bits per heavy atom. The highest BCUT2D eigenvalue weighted by molar-refractivity contribution is 5.77. The molecule has 3 N–H and O–H groups in total. The van der Waals surface area contributed by atoms with Crippen LogP contribution in [0.3, 0.4) is 0 Å². The maximum atomic E-state index is 14.1. The highest BCUT2D eigenvalue weighted by atomic mass is 19.4. The van der Waals surface area contributed by atoms with Crippen LogP contribution in [-0.4, -0.2) is 40.0 Å². The van der Waals surface area contributed by atoms with Gasteiger partial charge in [0.05, 0.1) is 24.3 Å². The van der Waals surface area contributed by atoms with Crippen molar-refractivity contribution in [2.75, 3.05) is 18.1 Å². The number of carboxylic acid groups (broad SMARTS) is 1. The number of benzene rings is 2. The van der Waals surface area contributed by atoms with Gasteiger partial charge in [0.25, 0.3) is 0 Å². The smallest absolute Gasteiger partial charge is 0.490 e. The maximum absolute atomic E-state index is 14.1. The third-order valence-corrected chi connectivity index (χ3v) is 4.92. The molecule has 1 aliphatic heterocycles. The van der Waals surface area contributed by atoms with Crippen LogP contribution in [0.4, 0.5) is 23.2 Å². The number of nitrogens with zero attached hydrogens (tertiary/aromatic N) is 3. The Hall–Kier alpha value is -3.34. The topological polar surface area (TPSA) is 93.6 Å². The van der Waals surface area contributed by atoms with E-state index in [1.165, 1.54) is 6.07 Å². The Balaban J connectivity index is 0.000000360. The number of anilines is 1. The van der Waals surface area contributed by atoms with Gasteiger partial charge in [0, 0.05) is 13.1 Å². The molecule has 0 saturated carbocycles. The number of hydrogen-bond acceptors (Lipinski definition) is 5. The van der Waals surface area contributed by atoms with E-state index in [0.717, 1.165) is 41.4 Å². The van der Waals surface area contributed by atoms with E-state index in [-0.39, 0.29) is 5.82 Å². The molecule has 11 heteroatoms. The second-order valence-corrected chi connectivity index (χ2v) is 6.96. The lowest BCUT2D eigenvalue weighted by molar-refractivity contribution is -0.192. The van der Waals surface area contributed by atoms with E-state index < -0.39 is 12.1 Å². The molecule has 0 bridgehead atoms. The molecule has 4 rings (SSSR count). The molecule has 2 heterocycles. The van der Waals surface area contributed by atoms with E-state index in [2.05, 4.69) is 27.4 Å². The Kier molecular flexibility index (Phi) is 6.87. The molecule has 2 aromatic carbocycles. The minimum Gasteiger partial charge on any atom is -0.490 e. The number of alkyl halides is 3. The quantitative estimate of drug-likeness (QED) is 0.584. The van der Waals surface area contributed by atoms with Gasteiger partial charge in [-0.2, -0.15) is 13.2 Å². The van der Waals surface area contributed by atoms with E-state index in [0.29, 0.717) is 25.2 Å². The van der Waals surface area contributed by atoms with Crippen molar-refractivity contribution >= 4 is 22.7 Å². The molecular formula is C21H22F4N4O3. The summed E-state index contributed by atoms with van der Waals surface area (Å²) >= 11 is 0. The van der Waals surface area contributed by atoms with Crippen LogP contribution in [0.15, 0.2) is 36.4 Å². The van der Waals surface area contributed by atoms with Crippen molar-refractivity contribution in [1.29, 1.82) is 0 Å². The molecule has 32 heavy (non-hydrogen) atoms. The number of imidazole rings is 1. The predicted octanol–water partition coefficient (Wildman–Crippen LogP) is 3.69. The van der Waals surface area contributed by atoms with Gasteiger partial charge in [-0.25, -0.2) is 14.2 Å². The van der Waals surface area contributed by atoms with Gasteiger partial charge in [0.2, 0.25) is 0 Å². The Morgan fingerprint density at radius 3 is 2.62 bits per heavy atom. The second kappa shape index (κ2) is 9.43. The van der Waals surface area contributed by atoms with Crippen molar-refractivity contribution in [3.8, 4) is 5.75 Å². The van der Waals surface area contributed by atoms with Crippen molar-refractivity contribution < 1.29 is 32.2 Å². The lowest BCUT2D eigenvalue weighted by atomic mass is 10.1. The lowest BCUT2D eigenvalue weighted by Crippen LogP contribution is -2.33. The summed E-state index contributed by atoms with van der Waals surface area (Å²) in [6.07, 6.45) is -5.08. The molecule has 0 fully saturated rings. The molecule has 0 radical (unpaired) electrons. The minimum atomic E-state index is -5.08. The highest BCUT2D eigenvalue weighted by Gasteiger charge is 2.38. The first kappa shape index (κ1) is 23.3. The molecule has 0 unspecified atom stereocenters. The van der Waals surface area contributed by atoms with Crippen LogP contribution in [0.1, 0.15) is 18.3 Å². The third kappa shape index (κ3) is 4.93. The first-order valence-electron chi connectivity index (χ1n) is 9.80. The number of halogens is 4. The first-order valence-corrected chi connectivity index (χ1v) is 9.80. The molecule has 3 aromatic rings. The van der Waals surface area contributed by atoms with Crippen molar-refractivity contribution in [2.24, 2.45) is 5.73 Å². The Labute approximate surface area is 181 Å². The van der Waals surface area contributed by atoms with Crippen LogP contribution < -0.4 is 15.4 Å². The van der Waals surface area contributed by atoms with Gasteiger partial charge in [-0.15, -0.1) is 0 Å². The zero-order valence-electron chi connectivity index (χ0n) is 17.2. The fraction of sp³-hybridized carbons (Fsp3) is 0.333. The first-order chi connectivity index (χ1) is 15.2. The van der Waals surface area contributed by atoms with Crippen molar-refractivity contribution in [3.05, 3.63) is 53.6 Å². The molecule has 1 aliphatic rings. The summed E-state index contributed by atoms with van der Waals surface area (Å²) in [4.78, 5) is 15.7. The SMILES string of the molecule is CCn1c(CN2CCOc3ccc(CN)cc32)nc2c(F)cccc21.O=C(O)C(F)(F)F. The summed E-state index contributed by atoms with van der Waals surface area (Å²) in [5.74, 6) is -1.33. The Bertz CT molecular complexity index is 1110. The molecule has 0 saturated heterocycles. The van der Waals surface area contributed by atoms with Crippen LogP contribution in [0.2, 0.25) is 0 Å². The summed E-state index contributed by atoms with van der Waals surface area (Å²) in [5.41, 5.74) is 9.12. The molecule has 172 valence electrons. The van der Waals surface area contributed by atoms with Gasteiger partial charge < -0.3 is 25.0 Å². The van der Waals surface area contributed by atoms with Crippen LogP contribution >= 0.6 is 0 Å². The zero-order valence-corrected chi connectivity index (χ0v) is 17.2. The van der Waals surface area contributed by atoms with Gasteiger partial charge in [0.1, 0.15) is 23.7 Å². The van der Waals surface area contributed by atoms with Crippen molar-refractivity contribution in [1.82, 2.24) is 9.55 Å². The summed E-state index contributed by atoms with van der Waals surface area (Å²) in [7, 11) is 0. The average molecular weight is 454 g/mol. The maximum Gasteiger partial charge on any atom is 0.490 e. The van der Waals surface area contributed by atoms with Crippen molar-refractivity contribution in [3.63, 3.8) is 0 Å². The van der Waals surface area contributed by atoms with Crippen LogP contribution in [-0.2, 0) is 24.4 Å². The second-order valence-electron chi connectivity index (χ2n) is 6.96. The Morgan fingerprint density at radius 1 is 1.28 bits per heavy atom. The standard InChI is InChI=1S/C19H21FN4O.C2HF3O2/c1-2-24-15-5-3-4-14(20)19(15)22-18(24)12-23-8-9-25-17-7-6-13(11-21)10-16(17)23;3-2(4,5)1(6)7/h3-7,10H,2,8-9,11-12,21H2,1H3;(H,6,7).